The lowest BCUT2D eigenvalue weighted by atomic mass is 9.92. The van der Waals surface area contributed by atoms with E-state index >= 15 is 0 Å². The predicted molar refractivity (Wildman–Crippen MR) is 116 cm³/mol. The maximum atomic E-state index is 10.1. The molecule has 1 aliphatic carbocycles. The molecule has 0 aromatic heterocycles. The molecule has 2 aliphatic rings. The number of phenols is 1. The molecule has 0 spiro atoms. The third kappa shape index (κ3) is 5.69. The zero-order valence-electron chi connectivity index (χ0n) is 18.0. The minimum absolute atomic E-state index is 0.0197. The fourth-order valence-electron chi connectivity index (χ4n) is 4.53. The van der Waals surface area contributed by atoms with Gasteiger partial charge in [-0.25, -0.2) is 0 Å². The zero-order chi connectivity index (χ0) is 20.6. The van der Waals surface area contributed by atoms with Gasteiger partial charge in [-0.3, -0.25) is 9.89 Å². The number of aliphatic imine (C=N–C) groups is 1. The molecule has 2 fully saturated rings. The Balaban J connectivity index is 1.55. The number of benzene rings is 1. The smallest absolute Gasteiger partial charge is 0.200 e. The molecule has 0 amide bonds. The lowest BCUT2D eigenvalue weighted by molar-refractivity contribution is 0.115. The number of ether oxygens (including phenoxy) is 2. The van der Waals surface area contributed by atoms with Gasteiger partial charge in [-0.1, -0.05) is 19.3 Å². The van der Waals surface area contributed by atoms with E-state index in [1.807, 2.05) is 12.1 Å². The van der Waals surface area contributed by atoms with Crippen LogP contribution in [0.1, 0.15) is 50.5 Å². The van der Waals surface area contributed by atoms with Gasteiger partial charge >= 0.3 is 0 Å². The molecule has 1 unspecified atom stereocenters. The first-order valence-electron chi connectivity index (χ1n) is 10.8. The highest BCUT2D eigenvalue weighted by atomic mass is 16.5. The van der Waals surface area contributed by atoms with Crippen molar-refractivity contribution in [3.63, 3.8) is 0 Å². The summed E-state index contributed by atoms with van der Waals surface area (Å²) in [5.41, 5.74) is 0.951. The van der Waals surface area contributed by atoms with Crippen LogP contribution in [0.5, 0.6) is 17.2 Å². The lowest BCUT2D eigenvalue weighted by Gasteiger charge is -2.40. The van der Waals surface area contributed by atoms with E-state index in [1.165, 1.54) is 65.7 Å². The Morgan fingerprint density at radius 3 is 2.41 bits per heavy atom. The highest BCUT2D eigenvalue weighted by Crippen LogP contribution is 2.37. The number of hydrogen-bond donors (Lipinski definition) is 3. The minimum Gasteiger partial charge on any atom is -0.502 e. The molecule has 3 N–H and O–H groups in total. The van der Waals surface area contributed by atoms with Crippen LogP contribution in [0.25, 0.3) is 0 Å². The molecule has 1 saturated carbocycles. The number of rotatable bonds is 6. The number of methoxy groups -OCH3 is 2. The van der Waals surface area contributed by atoms with Crippen molar-refractivity contribution < 1.29 is 14.6 Å². The van der Waals surface area contributed by atoms with Gasteiger partial charge in [0.25, 0.3) is 0 Å². The number of likely N-dealkylation sites (tertiary alicyclic amines) is 1. The molecule has 0 bridgehead atoms. The fraction of sp³-hybridized carbons (Fsp3) is 0.682. The highest BCUT2D eigenvalue weighted by Gasteiger charge is 2.27. The van der Waals surface area contributed by atoms with Gasteiger partial charge in [0.2, 0.25) is 5.75 Å². The van der Waals surface area contributed by atoms with Crippen molar-refractivity contribution in [1.82, 2.24) is 15.5 Å². The average Bonchev–Trinajstić information content (AvgIpc) is 2.78. The SMILES string of the molecule is CN=C(NCc1cc(OC)c(O)c(OC)c1)NC1CCCN(C2CCCCC2)C1. The van der Waals surface area contributed by atoms with Crippen LogP contribution in [0, 0.1) is 0 Å². The Hall–Kier alpha value is -2.15. The second-order valence-electron chi connectivity index (χ2n) is 8.04. The van der Waals surface area contributed by atoms with Gasteiger partial charge in [0.15, 0.2) is 17.5 Å². The summed E-state index contributed by atoms with van der Waals surface area (Å²) in [6, 6.07) is 4.80. The van der Waals surface area contributed by atoms with Crippen molar-refractivity contribution in [1.29, 1.82) is 0 Å². The largest absolute Gasteiger partial charge is 0.502 e. The van der Waals surface area contributed by atoms with Gasteiger partial charge in [0.05, 0.1) is 14.2 Å². The van der Waals surface area contributed by atoms with E-state index in [1.54, 1.807) is 7.05 Å². The van der Waals surface area contributed by atoms with E-state index in [0.29, 0.717) is 24.1 Å². The van der Waals surface area contributed by atoms with E-state index in [2.05, 4.69) is 20.5 Å². The summed E-state index contributed by atoms with van der Waals surface area (Å²) in [5, 5.41) is 17.1. The maximum Gasteiger partial charge on any atom is 0.200 e. The fourth-order valence-corrected chi connectivity index (χ4v) is 4.53. The van der Waals surface area contributed by atoms with Crippen molar-refractivity contribution in [2.24, 2.45) is 4.99 Å². The Labute approximate surface area is 174 Å². The number of aromatic hydroxyl groups is 1. The summed E-state index contributed by atoms with van der Waals surface area (Å²) < 4.78 is 10.5. The highest BCUT2D eigenvalue weighted by molar-refractivity contribution is 5.80. The Morgan fingerprint density at radius 2 is 1.79 bits per heavy atom. The lowest BCUT2D eigenvalue weighted by Crippen LogP contribution is -2.53. The average molecular weight is 405 g/mol. The van der Waals surface area contributed by atoms with E-state index in [-0.39, 0.29) is 5.75 Å². The topological polar surface area (TPSA) is 78.4 Å². The third-order valence-corrected chi connectivity index (χ3v) is 6.11. The van der Waals surface area contributed by atoms with Gasteiger partial charge < -0.3 is 25.2 Å². The monoisotopic (exact) mass is 404 g/mol. The summed E-state index contributed by atoms with van der Waals surface area (Å²) >= 11 is 0. The van der Waals surface area contributed by atoms with E-state index < -0.39 is 0 Å². The Kier molecular flexibility index (Phi) is 7.86. The summed E-state index contributed by atoms with van der Waals surface area (Å²) in [7, 11) is 4.87. The summed E-state index contributed by atoms with van der Waals surface area (Å²) in [6.07, 6.45) is 9.26. The van der Waals surface area contributed by atoms with Gasteiger partial charge in [-0.2, -0.15) is 0 Å². The summed E-state index contributed by atoms with van der Waals surface area (Å²) in [6.45, 7) is 2.87. The molecule has 1 aromatic carbocycles. The minimum atomic E-state index is 0.0197. The van der Waals surface area contributed by atoms with E-state index in [4.69, 9.17) is 9.47 Å². The van der Waals surface area contributed by atoms with Gasteiger partial charge in [-0.05, 0) is 49.9 Å². The Bertz CT molecular complexity index is 664. The molecule has 7 heteroatoms. The van der Waals surface area contributed by atoms with Crippen LogP contribution >= 0.6 is 0 Å². The second-order valence-corrected chi connectivity index (χ2v) is 8.04. The molecule has 7 nitrogen and oxygen atoms in total. The molecular formula is C22H36N4O3. The Morgan fingerprint density at radius 1 is 1.10 bits per heavy atom. The van der Waals surface area contributed by atoms with Crippen LogP contribution in [-0.2, 0) is 6.54 Å². The van der Waals surface area contributed by atoms with Gasteiger partial charge in [0.1, 0.15) is 0 Å². The van der Waals surface area contributed by atoms with E-state index in [0.717, 1.165) is 24.1 Å². The first-order chi connectivity index (χ1) is 14.1. The molecule has 29 heavy (non-hydrogen) atoms. The number of hydrogen-bond acceptors (Lipinski definition) is 5. The number of piperidine rings is 1. The zero-order valence-corrected chi connectivity index (χ0v) is 18.0. The standard InChI is InChI=1S/C22H36N4O3/c1-23-22(24-14-16-12-19(28-2)21(27)20(13-16)29-3)25-17-8-7-11-26(15-17)18-9-5-4-6-10-18/h12-13,17-18,27H,4-11,14-15H2,1-3H3,(H2,23,24,25). The quantitative estimate of drug-likeness (QED) is 0.500. The molecule has 1 aliphatic heterocycles. The van der Waals surface area contributed by atoms with Crippen LogP contribution in [0.3, 0.4) is 0 Å². The summed E-state index contributed by atoms with van der Waals surface area (Å²) in [4.78, 5) is 7.09. The molecular weight excluding hydrogens is 368 g/mol. The maximum absolute atomic E-state index is 10.1. The second kappa shape index (κ2) is 10.6. The molecule has 1 aromatic rings. The van der Waals surface area contributed by atoms with Crippen molar-refractivity contribution in [3.05, 3.63) is 17.7 Å². The van der Waals surface area contributed by atoms with Crippen molar-refractivity contribution >= 4 is 5.96 Å². The van der Waals surface area contributed by atoms with Crippen molar-refractivity contribution in [3.8, 4) is 17.2 Å². The molecule has 3 rings (SSSR count). The van der Waals surface area contributed by atoms with Gasteiger partial charge in [0, 0.05) is 32.2 Å². The molecule has 1 heterocycles. The van der Waals surface area contributed by atoms with Crippen LogP contribution in [0.2, 0.25) is 0 Å². The molecule has 0 radical (unpaired) electrons. The van der Waals surface area contributed by atoms with Crippen molar-refractivity contribution in [2.75, 3.05) is 34.4 Å². The molecule has 1 atom stereocenters. The number of nitrogens with zero attached hydrogens (tertiary/aromatic N) is 2. The van der Waals surface area contributed by atoms with E-state index in [9.17, 15) is 5.11 Å². The van der Waals surface area contributed by atoms with Crippen LogP contribution in [0.15, 0.2) is 17.1 Å². The van der Waals surface area contributed by atoms with Crippen LogP contribution in [-0.4, -0.2) is 62.4 Å². The van der Waals surface area contributed by atoms with Crippen molar-refractivity contribution in [2.45, 2.75) is 63.6 Å². The number of phenolic OH excluding ortho intramolecular Hbond substituents is 1. The number of nitrogens with one attached hydrogen (secondary N) is 2. The van der Waals surface area contributed by atoms with Gasteiger partial charge in [-0.15, -0.1) is 0 Å². The number of guanidine groups is 1. The molecule has 1 saturated heterocycles. The van der Waals surface area contributed by atoms with Crippen LogP contribution < -0.4 is 20.1 Å². The first-order valence-corrected chi connectivity index (χ1v) is 10.8. The predicted octanol–water partition coefficient (Wildman–Crippen LogP) is 2.87. The summed E-state index contributed by atoms with van der Waals surface area (Å²) in [5.74, 6) is 1.62. The molecule has 162 valence electrons. The third-order valence-electron chi connectivity index (χ3n) is 6.11. The van der Waals surface area contributed by atoms with Crippen LogP contribution in [0.4, 0.5) is 0 Å². The first kappa shape index (κ1) is 21.6. The normalized spacial score (nSPS) is 21.6.